The highest BCUT2D eigenvalue weighted by molar-refractivity contribution is 8.93. The van der Waals surface area contributed by atoms with Crippen LogP contribution in [0.1, 0.15) is 31.3 Å². The van der Waals surface area contributed by atoms with E-state index in [0.29, 0.717) is 0 Å². The van der Waals surface area contributed by atoms with Crippen LogP contribution in [-0.4, -0.2) is 11.2 Å². The summed E-state index contributed by atoms with van der Waals surface area (Å²) < 4.78 is 0. The third-order valence-corrected chi connectivity index (χ3v) is 3.72. The molecule has 0 aliphatic heterocycles. The van der Waals surface area contributed by atoms with Crippen molar-refractivity contribution in [1.82, 2.24) is 4.98 Å². The molecule has 0 atom stereocenters. The molecule has 0 unspecified atom stereocenters. The van der Waals surface area contributed by atoms with Gasteiger partial charge in [-0.2, -0.15) is 5.10 Å². The molecule has 18 heavy (non-hydrogen) atoms. The van der Waals surface area contributed by atoms with Gasteiger partial charge in [0, 0.05) is 15.7 Å². The standard InChI is InChI=1S/C12H15N3S2.BrH/c1-12(2,3)10-8-17-11(14-10)15-13-7-9-5-4-6-16-9;/h4-8H,1-3H3,(H,14,15);1H. The van der Waals surface area contributed by atoms with Crippen molar-refractivity contribution >= 4 is 51.0 Å². The quantitative estimate of drug-likeness (QED) is 0.655. The molecule has 0 radical (unpaired) electrons. The number of halogens is 1. The van der Waals surface area contributed by atoms with Gasteiger partial charge < -0.3 is 0 Å². The van der Waals surface area contributed by atoms with Crippen molar-refractivity contribution in [2.24, 2.45) is 5.10 Å². The summed E-state index contributed by atoms with van der Waals surface area (Å²) in [5, 5.41) is 9.10. The maximum absolute atomic E-state index is 4.50. The van der Waals surface area contributed by atoms with E-state index in [9.17, 15) is 0 Å². The number of rotatable bonds is 3. The van der Waals surface area contributed by atoms with Gasteiger partial charge in [0.05, 0.1) is 11.9 Å². The Morgan fingerprint density at radius 1 is 1.33 bits per heavy atom. The van der Waals surface area contributed by atoms with Crippen LogP contribution in [-0.2, 0) is 5.41 Å². The zero-order chi connectivity index (χ0) is 12.3. The molecule has 0 saturated carbocycles. The predicted octanol–water partition coefficient (Wildman–Crippen LogP) is 4.53. The lowest BCUT2D eigenvalue weighted by Crippen LogP contribution is -2.11. The lowest BCUT2D eigenvalue weighted by atomic mass is 9.93. The second kappa shape index (κ2) is 6.45. The summed E-state index contributed by atoms with van der Waals surface area (Å²) in [5.41, 5.74) is 4.14. The van der Waals surface area contributed by atoms with E-state index in [1.165, 1.54) is 0 Å². The minimum atomic E-state index is 0. The zero-order valence-electron chi connectivity index (χ0n) is 10.5. The van der Waals surface area contributed by atoms with Gasteiger partial charge in [0.15, 0.2) is 0 Å². The maximum Gasteiger partial charge on any atom is 0.203 e. The summed E-state index contributed by atoms with van der Waals surface area (Å²) in [6.07, 6.45) is 1.81. The SMILES string of the molecule is Br.CC(C)(C)c1csc(NN=Cc2cccs2)n1. The minimum absolute atomic E-state index is 0. The summed E-state index contributed by atoms with van der Waals surface area (Å²) in [5.74, 6) is 0. The second-order valence-corrected chi connectivity index (χ2v) is 6.51. The molecule has 98 valence electrons. The van der Waals surface area contributed by atoms with Gasteiger partial charge in [-0.3, -0.25) is 5.43 Å². The summed E-state index contributed by atoms with van der Waals surface area (Å²) in [4.78, 5) is 5.63. The molecule has 6 heteroatoms. The average molecular weight is 346 g/mol. The molecule has 0 spiro atoms. The highest BCUT2D eigenvalue weighted by Gasteiger charge is 2.17. The first-order valence-electron chi connectivity index (χ1n) is 5.34. The molecule has 2 aromatic rings. The molecule has 1 N–H and O–H groups in total. The number of hydrogen-bond donors (Lipinski definition) is 1. The molecule has 0 bridgehead atoms. The Morgan fingerprint density at radius 2 is 2.11 bits per heavy atom. The van der Waals surface area contributed by atoms with Crippen LogP contribution in [0.3, 0.4) is 0 Å². The van der Waals surface area contributed by atoms with Crippen LogP contribution < -0.4 is 5.43 Å². The summed E-state index contributed by atoms with van der Waals surface area (Å²) in [6, 6.07) is 4.03. The van der Waals surface area contributed by atoms with Crippen molar-refractivity contribution < 1.29 is 0 Å². The number of thiophene rings is 1. The number of anilines is 1. The van der Waals surface area contributed by atoms with Crippen molar-refractivity contribution in [2.45, 2.75) is 26.2 Å². The number of aromatic nitrogens is 1. The first-order valence-corrected chi connectivity index (χ1v) is 7.10. The van der Waals surface area contributed by atoms with Gasteiger partial charge in [0.25, 0.3) is 0 Å². The summed E-state index contributed by atoms with van der Waals surface area (Å²) >= 11 is 3.24. The van der Waals surface area contributed by atoms with Gasteiger partial charge in [0.2, 0.25) is 5.13 Å². The normalized spacial score (nSPS) is 11.5. The van der Waals surface area contributed by atoms with E-state index in [1.807, 2.05) is 23.7 Å². The Labute approximate surface area is 126 Å². The Hall–Kier alpha value is -0.720. The number of hydrogen-bond acceptors (Lipinski definition) is 5. The zero-order valence-corrected chi connectivity index (χ0v) is 13.9. The van der Waals surface area contributed by atoms with Crippen molar-refractivity contribution in [1.29, 1.82) is 0 Å². The fraction of sp³-hybridized carbons (Fsp3) is 0.333. The monoisotopic (exact) mass is 345 g/mol. The molecule has 2 rings (SSSR count). The van der Waals surface area contributed by atoms with Gasteiger partial charge in [-0.25, -0.2) is 4.98 Å². The molecule has 3 nitrogen and oxygen atoms in total. The Kier molecular flexibility index (Phi) is 5.49. The fourth-order valence-corrected chi connectivity index (χ4v) is 2.66. The van der Waals surface area contributed by atoms with Gasteiger partial charge in [-0.1, -0.05) is 26.8 Å². The van der Waals surface area contributed by atoms with Gasteiger partial charge in [-0.15, -0.1) is 39.7 Å². The van der Waals surface area contributed by atoms with Crippen molar-refractivity contribution in [3.05, 3.63) is 33.5 Å². The van der Waals surface area contributed by atoms with E-state index in [4.69, 9.17) is 0 Å². The molecule has 0 aromatic carbocycles. The topological polar surface area (TPSA) is 37.3 Å². The van der Waals surface area contributed by atoms with Gasteiger partial charge in [0.1, 0.15) is 0 Å². The Bertz CT molecular complexity index is 498. The lowest BCUT2D eigenvalue weighted by molar-refractivity contribution is 0.573. The highest BCUT2D eigenvalue weighted by atomic mass is 79.9. The molecule has 2 aromatic heterocycles. The van der Waals surface area contributed by atoms with E-state index in [-0.39, 0.29) is 22.4 Å². The van der Waals surface area contributed by atoms with E-state index in [1.54, 1.807) is 22.7 Å². The van der Waals surface area contributed by atoms with Gasteiger partial charge in [-0.05, 0) is 11.4 Å². The average Bonchev–Trinajstić information content (AvgIpc) is 2.86. The highest BCUT2D eigenvalue weighted by Crippen LogP contribution is 2.26. The van der Waals surface area contributed by atoms with Crippen LogP contribution in [0.5, 0.6) is 0 Å². The van der Waals surface area contributed by atoms with Crippen molar-refractivity contribution in [3.8, 4) is 0 Å². The maximum atomic E-state index is 4.50. The van der Waals surface area contributed by atoms with Crippen LogP contribution in [0, 0.1) is 0 Å². The van der Waals surface area contributed by atoms with Crippen LogP contribution in [0.15, 0.2) is 28.0 Å². The molecule has 0 amide bonds. The van der Waals surface area contributed by atoms with E-state index < -0.39 is 0 Å². The second-order valence-electron chi connectivity index (χ2n) is 4.67. The molecule has 0 aliphatic carbocycles. The smallest absolute Gasteiger partial charge is 0.203 e. The molecule has 2 heterocycles. The fourth-order valence-electron chi connectivity index (χ4n) is 1.19. The van der Waals surface area contributed by atoms with E-state index >= 15 is 0 Å². The van der Waals surface area contributed by atoms with Crippen LogP contribution >= 0.6 is 39.7 Å². The Morgan fingerprint density at radius 3 is 2.67 bits per heavy atom. The number of hydrazone groups is 1. The lowest BCUT2D eigenvalue weighted by Gasteiger charge is -2.13. The van der Waals surface area contributed by atoms with Crippen molar-refractivity contribution in [3.63, 3.8) is 0 Å². The first-order chi connectivity index (χ1) is 8.05. The third kappa shape index (κ3) is 4.19. The number of thiazole rings is 1. The van der Waals surface area contributed by atoms with Crippen LogP contribution in [0.4, 0.5) is 5.13 Å². The number of nitrogens with one attached hydrogen (secondary N) is 1. The van der Waals surface area contributed by atoms with E-state index in [2.05, 4.69) is 41.7 Å². The first kappa shape index (κ1) is 15.3. The summed E-state index contributed by atoms with van der Waals surface area (Å²) in [6.45, 7) is 6.46. The molecule has 0 fully saturated rings. The third-order valence-electron chi connectivity index (χ3n) is 2.17. The molecular weight excluding hydrogens is 330 g/mol. The number of nitrogens with zero attached hydrogens (tertiary/aromatic N) is 2. The van der Waals surface area contributed by atoms with Gasteiger partial charge >= 0.3 is 0 Å². The Balaban J connectivity index is 0.00000162. The summed E-state index contributed by atoms with van der Waals surface area (Å²) in [7, 11) is 0. The predicted molar refractivity (Wildman–Crippen MR) is 86.7 cm³/mol. The minimum Gasteiger partial charge on any atom is -0.253 e. The molecular formula is C12H16BrN3S2. The van der Waals surface area contributed by atoms with Crippen LogP contribution in [0.25, 0.3) is 0 Å². The molecule has 0 aliphatic rings. The van der Waals surface area contributed by atoms with Crippen LogP contribution in [0.2, 0.25) is 0 Å². The largest absolute Gasteiger partial charge is 0.253 e. The van der Waals surface area contributed by atoms with E-state index in [0.717, 1.165) is 15.7 Å². The molecule has 0 saturated heterocycles. The van der Waals surface area contributed by atoms with Crippen molar-refractivity contribution in [2.75, 3.05) is 5.43 Å².